The van der Waals surface area contributed by atoms with Gasteiger partial charge in [0, 0.05) is 30.4 Å². The molecule has 3 N–H and O–H groups in total. The Kier molecular flexibility index (Phi) is 5.93. The Morgan fingerprint density at radius 1 is 1.29 bits per heavy atom. The third kappa shape index (κ3) is 4.00. The Hall–Kier alpha value is -1.36. The second-order valence-corrected chi connectivity index (χ2v) is 7.98. The number of aryl methyl sites for hydroxylation is 1. The minimum Gasteiger partial charge on any atom is -0.508 e. The van der Waals surface area contributed by atoms with Gasteiger partial charge in [0.15, 0.2) is 5.96 Å². The first-order valence-corrected chi connectivity index (χ1v) is 10.3. The summed E-state index contributed by atoms with van der Waals surface area (Å²) in [5, 5.41) is 18.0. The van der Waals surface area contributed by atoms with Crippen molar-refractivity contribution in [2.24, 2.45) is 4.99 Å². The first-order chi connectivity index (χ1) is 11.7. The van der Waals surface area contributed by atoms with Gasteiger partial charge in [0.25, 0.3) is 0 Å². The van der Waals surface area contributed by atoms with Gasteiger partial charge in [-0.1, -0.05) is 6.07 Å². The molecule has 2 atom stereocenters. The number of benzene rings is 1. The fourth-order valence-electron chi connectivity index (χ4n) is 3.93. The summed E-state index contributed by atoms with van der Waals surface area (Å²) in [6.07, 6.45) is 10.6. The first-order valence-electron chi connectivity index (χ1n) is 9.03. The molecule has 0 aliphatic heterocycles. The molecule has 2 unspecified atom stereocenters. The molecule has 0 heterocycles. The summed E-state index contributed by atoms with van der Waals surface area (Å²) in [6.45, 7) is 0.632. The molecule has 0 bridgehead atoms. The number of fused-ring (bicyclic) bond motifs is 1. The molecule has 0 radical (unpaired) electrons. The number of nitrogens with one attached hydrogen (secondary N) is 2. The number of guanidine groups is 1. The quantitative estimate of drug-likeness (QED) is 0.578. The molecule has 0 amide bonds. The summed E-state index contributed by atoms with van der Waals surface area (Å²) >= 11 is 1.97. The molecular weight excluding hydrogens is 318 g/mol. The number of aliphatic imine (C=N–C) groups is 1. The van der Waals surface area contributed by atoms with E-state index < -0.39 is 0 Å². The van der Waals surface area contributed by atoms with Gasteiger partial charge in [-0.2, -0.15) is 11.8 Å². The molecule has 0 spiro atoms. The van der Waals surface area contributed by atoms with Crippen molar-refractivity contribution >= 4 is 17.7 Å². The van der Waals surface area contributed by atoms with Gasteiger partial charge in [-0.15, -0.1) is 0 Å². The lowest BCUT2D eigenvalue weighted by Gasteiger charge is -2.22. The van der Waals surface area contributed by atoms with Crippen LogP contribution in [-0.4, -0.2) is 35.7 Å². The highest BCUT2D eigenvalue weighted by atomic mass is 32.2. The van der Waals surface area contributed by atoms with Gasteiger partial charge < -0.3 is 15.7 Å². The second kappa shape index (κ2) is 8.15. The number of nitrogens with zero attached hydrogens (tertiary/aromatic N) is 1. The molecule has 2 aliphatic rings. The van der Waals surface area contributed by atoms with Crippen LogP contribution in [0, 0.1) is 0 Å². The van der Waals surface area contributed by atoms with Crippen LogP contribution in [-0.2, 0) is 19.4 Å². The van der Waals surface area contributed by atoms with E-state index in [1.807, 2.05) is 24.9 Å². The molecule has 0 aromatic heterocycles. The van der Waals surface area contributed by atoms with Gasteiger partial charge >= 0.3 is 0 Å². The van der Waals surface area contributed by atoms with Gasteiger partial charge in [-0.05, 0) is 68.4 Å². The molecule has 1 aromatic rings. The summed E-state index contributed by atoms with van der Waals surface area (Å²) in [5.74, 6) is 1.25. The van der Waals surface area contributed by atoms with Gasteiger partial charge in [-0.3, -0.25) is 4.99 Å². The van der Waals surface area contributed by atoms with Crippen molar-refractivity contribution in [3.8, 4) is 5.75 Å². The summed E-state index contributed by atoms with van der Waals surface area (Å²) in [6, 6.07) is 4.44. The molecule has 132 valence electrons. The fourth-order valence-corrected chi connectivity index (χ4v) is 4.73. The van der Waals surface area contributed by atoms with Gasteiger partial charge in [0.1, 0.15) is 5.75 Å². The molecule has 3 rings (SSSR count). The number of aromatic hydroxyl groups is 1. The van der Waals surface area contributed by atoms with Gasteiger partial charge in [0.2, 0.25) is 0 Å². The Morgan fingerprint density at radius 3 is 2.88 bits per heavy atom. The van der Waals surface area contributed by atoms with E-state index in [-0.39, 0.29) is 0 Å². The van der Waals surface area contributed by atoms with Gasteiger partial charge in [0.05, 0.1) is 0 Å². The van der Waals surface area contributed by atoms with E-state index in [0.29, 0.717) is 18.3 Å². The van der Waals surface area contributed by atoms with E-state index in [2.05, 4.69) is 27.9 Å². The lowest BCUT2D eigenvalue weighted by atomic mass is 9.88. The van der Waals surface area contributed by atoms with Crippen molar-refractivity contribution in [2.75, 3.05) is 13.3 Å². The molecule has 24 heavy (non-hydrogen) atoms. The first kappa shape index (κ1) is 17.5. The summed E-state index contributed by atoms with van der Waals surface area (Å²) < 4.78 is 0. The number of hydrogen-bond acceptors (Lipinski definition) is 3. The minimum absolute atomic E-state index is 0.405. The van der Waals surface area contributed by atoms with E-state index >= 15 is 0 Å². The van der Waals surface area contributed by atoms with Crippen molar-refractivity contribution in [3.05, 3.63) is 28.8 Å². The standard InChI is InChI=1S/C19H29N3OS/c1-20-19(22-14-8-9-15(11-14)24-2)21-12-17-16-6-4-3-5-13(16)7-10-18(17)23/h7,10,14-15,23H,3-6,8-9,11-12H2,1-2H3,(H2,20,21,22). The smallest absolute Gasteiger partial charge is 0.191 e. The topological polar surface area (TPSA) is 56.7 Å². The molecule has 1 aromatic carbocycles. The summed E-state index contributed by atoms with van der Waals surface area (Å²) in [4.78, 5) is 4.37. The van der Waals surface area contributed by atoms with Crippen LogP contribution in [0.3, 0.4) is 0 Å². The van der Waals surface area contributed by atoms with Crippen LogP contribution >= 0.6 is 11.8 Å². The van der Waals surface area contributed by atoms with Crippen LogP contribution in [0.4, 0.5) is 0 Å². The van der Waals surface area contributed by atoms with Crippen molar-refractivity contribution < 1.29 is 5.11 Å². The average Bonchev–Trinajstić information content (AvgIpc) is 3.07. The third-order valence-electron chi connectivity index (χ3n) is 5.34. The predicted octanol–water partition coefficient (Wildman–Crippen LogP) is 3.22. The lowest BCUT2D eigenvalue weighted by molar-refractivity contribution is 0.463. The highest BCUT2D eigenvalue weighted by Gasteiger charge is 2.24. The zero-order valence-corrected chi connectivity index (χ0v) is 15.6. The molecule has 4 nitrogen and oxygen atoms in total. The Morgan fingerprint density at radius 2 is 2.12 bits per heavy atom. The van der Waals surface area contributed by atoms with E-state index in [0.717, 1.165) is 29.6 Å². The number of rotatable bonds is 4. The van der Waals surface area contributed by atoms with Crippen LogP contribution in [0.2, 0.25) is 0 Å². The van der Waals surface area contributed by atoms with Crippen LogP contribution in [0.25, 0.3) is 0 Å². The maximum atomic E-state index is 10.3. The predicted molar refractivity (Wildman–Crippen MR) is 103 cm³/mol. The van der Waals surface area contributed by atoms with Gasteiger partial charge in [-0.25, -0.2) is 0 Å². The molecule has 0 saturated heterocycles. The van der Waals surface area contributed by atoms with E-state index in [1.165, 1.54) is 43.2 Å². The zero-order valence-electron chi connectivity index (χ0n) is 14.8. The number of phenols is 1. The molecule has 5 heteroatoms. The van der Waals surface area contributed by atoms with Crippen molar-refractivity contribution in [2.45, 2.75) is 62.8 Å². The normalized spacial score (nSPS) is 23.8. The fraction of sp³-hybridized carbons (Fsp3) is 0.632. The monoisotopic (exact) mass is 347 g/mol. The molecule has 2 aliphatic carbocycles. The molecular formula is C19H29N3OS. The molecule has 1 saturated carbocycles. The lowest BCUT2D eigenvalue weighted by Crippen LogP contribution is -2.42. The minimum atomic E-state index is 0.405. The SMILES string of the molecule is CN=C(NCc1c(O)ccc2c1CCCC2)NC1CCC(SC)C1. The van der Waals surface area contributed by atoms with Crippen LogP contribution < -0.4 is 10.6 Å². The van der Waals surface area contributed by atoms with Crippen molar-refractivity contribution in [1.82, 2.24) is 10.6 Å². The van der Waals surface area contributed by atoms with E-state index in [1.54, 1.807) is 0 Å². The Balaban J connectivity index is 1.62. The van der Waals surface area contributed by atoms with Crippen LogP contribution in [0.15, 0.2) is 17.1 Å². The van der Waals surface area contributed by atoms with Crippen LogP contribution in [0.1, 0.15) is 48.8 Å². The number of phenolic OH excluding ortho intramolecular Hbond substituents is 1. The zero-order chi connectivity index (χ0) is 16.9. The summed E-state index contributed by atoms with van der Waals surface area (Å²) in [5.41, 5.74) is 3.79. The van der Waals surface area contributed by atoms with Crippen molar-refractivity contribution in [1.29, 1.82) is 0 Å². The van der Waals surface area contributed by atoms with E-state index in [9.17, 15) is 5.11 Å². The second-order valence-electron chi connectivity index (χ2n) is 6.85. The maximum Gasteiger partial charge on any atom is 0.191 e. The third-order valence-corrected chi connectivity index (χ3v) is 6.44. The highest BCUT2D eigenvalue weighted by Crippen LogP contribution is 2.30. The largest absolute Gasteiger partial charge is 0.508 e. The number of thioether (sulfide) groups is 1. The summed E-state index contributed by atoms with van der Waals surface area (Å²) in [7, 11) is 1.82. The Labute approximate surface area is 149 Å². The van der Waals surface area contributed by atoms with Crippen molar-refractivity contribution in [3.63, 3.8) is 0 Å². The van der Waals surface area contributed by atoms with Crippen LogP contribution in [0.5, 0.6) is 5.75 Å². The average molecular weight is 348 g/mol. The van der Waals surface area contributed by atoms with E-state index in [4.69, 9.17) is 0 Å². The number of hydrogen-bond donors (Lipinski definition) is 3. The Bertz CT molecular complexity index is 603. The maximum absolute atomic E-state index is 10.3. The molecule has 1 fully saturated rings. The highest BCUT2D eigenvalue weighted by molar-refractivity contribution is 7.99.